The summed E-state index contributed by atoms with van der Waals surface area (Å²) in [6.07, 6.45) is 2.50. The molecule has 1 aliphatic rings. The van der Waals surface area contributed by atoms with E-state index in [1.165, 1.54) is 25.9 Å². The molecule has 0 atom stereocenters. The van der Waals surface area contributed by atoms with Crippen LogP contribution in [0.4, 0.5) is 11.4 Å². The van der Waals surface area contributed by atoms with Gasteiger partial charge in [0.15, 0.2) is 5.78 Å². The fourth-order valence-corrected chi connectivity index (χ4v) is 2.85. The van der Waals surface area contributed by atoms with Gasteiger partial charge < -0.3 is 15.5 Å². The van der Waals surface area contributed by atoms with Crippen LogP contribution in [0.3, 0.4) is 0 Å². The van der Waals surface area contributed by atoms with Gasteiger partial charge in [-0.2, -0.15) is 0 Å². The smallest absolute Gasteiger partial charge is 0.161 e. The van der Waals surface area contributed by atoms with Crippen LogP contribution in [0.2, 0.25) is 0 Å². The third-order valence-electron chi connectivity index (χ3n) is 4.23. The van der Waals surface area contributed by atoms with Crippen molar-refractivity contribution in [1.82, 2.24) is 4.90 Å². The van der Waals surface area contributed by atoms with Gasteiger partial charge in [0.25, 0.3) is 0 Å². The van der Waals surface area contributed by atoms with Crippen molar-refractivity contribution in [1.29, 1.82) is 0 Å². The van der Waals surface area contributed by atoms with Crippen LogP contribution in [-0.4, -0.2) is 44.4 Å². The molecule has 0 saturated carbocycles. The molecule has 1 aliphatic heterocycles. The molecule has 1 heterocycles. The molecule has 0 amide bonds. The van der Waals surface area contributed by atoms with Crippen LogP contribution < -0.4 is 10.6 Å². The highest BCUT2D eigenvalue weighted by molar-refractivity contribution is 5.99. The molecule has 2 rings (SSSR count). The number of Topliss-reactive ketones (excluding diaryl/α,β-unsaturated/α-hetero) is 1. The third kappa shape index (κ3) is 3.51. The van der Waals surface area contributed by atoms with Gasteiger partial charge in [-0.05, 0) is 64.0 Å². The van der Waals surface area contributed by atoms with Crippen LogP contribution in [0.1, 0.15) is 30.1 Å². The maximum absolute atomic E-state index is 11.4. The zero-order valence-corrected chi connectivity index (χ0v) is 12.7. The average molecular weight is 275 g/mol. The Morgan fingerprint density at radius 1 is 1.40 bits per heavy atom. The molecule has 20 heavy (non-hydrogen) atoms. The highest BCUT2D eigenvalue weighted by Crippen LogP contribution is 2.24. The first-order valence-electron chi connectivity index (χ1n) is 7.27. The second kappa shape index (κ2) is 6.27. The summed E-state index contributed by atoms with van der Waals surface area (Å²) in [5.41, 5.74) is 8.23. The Kier molecular flexibility index (Phi) is 4.65. The van der Waals surface area contributed by atoms with Gasteiger partial charge in [-0.1, -0.05) is 0 Å². The number of nitrogens with zero attached hydrogens (tertiary/aromatic N) is 2. The van der Waals surface area contributed by atoms with E-state index in [-0.39, 0.29) is 5.78 Å². The summed E-state index contributed by atoms with van der Waals surface area (Å²) in [5.74, 6) is 0.761. The normalized spacial score (nSPS) is 17.1. The second-order valence-electron chi connectivity index (χ2n) is 5.95. The number of piperidine rings is 1. The van der Waals surface area contributed by atoms with E-state index >= 15 is 0 Å². The van der Waals surface area contributed by atoms with Crippen molar-refractivity contribution in [3.05, 3.63) is 23.8 Å². The van der Waals surface area contributed by atoms with Crippen molar-refractivity contribution in [2.45, 2.75) is 19.8 Å². The Hall–Kier alpha value is -1.55. The van der Waals surface area contributed by atoms with Crippen molar-refractivity contribution < 1.29 is 4.79 Å². The van der Waals surface area contributed by atoms with Gasteiger partial charge in [-0.15, -0.1) is 0 Å². The second-order valence-corrected chi connectivity index (χ2v) is 5.95. The number of ketones is 1. The Balaban J connectivity index is 2.00. The number of rotatable bonds is 4. The molecule has 0 aliphatic carbocycles. The Morgan fingerprint density at radius 3 is 2.60 bits per heavy atom. The quantitative estimate of drug-likeness (QED) is 0.676. The standard InChI is InChI=1S/C16H25N3O/c1-12(20)15-5-4-14(10-16(15)17)19(3)11-13-6-8-18(2)9-7-13/h4-5,10,13H,6-9,11,17H2,1-3H3. The van der Waals surface area contributed by atoms with E-state index in [9.17, 15) is 4.79 Å². The minimum absolute atomic E-state index is 0.0204. The van der Waals surface area contributed by atoms with Crippen molar-refractivity contribution in [3.63, 3.8) is 0 Å². The minimum atomic E-state index is 0.0204. The lowest BCUT2D eigenvalue weighted by Gasteiger charge is -2.32. The Bertz CT molecular complexity index is 479. The van der Waals surface area contributed by atoms with E-state index < -0.39 is 0 Å². The van der Waals surface area contributed by atoms with Crippen molar-refractivity contribution in [2.24, 2.45) is 5.92 Å². The molecule has 1 saturated heterocycles. The molecular weight excluding hydrogens is 250 g/mol. The largest absolute Gasteiger partial charge is 0.398 e. The monoisotopic (exact) mass is 275 g/mol. The first kappa shape index (κ1) is 14.9. The predicted octanol–water partition coefficient (Wildman–Crippen LogP) is 2.25. The summed E-state index contributed by atoms with van der Waals surface area (Å²) in [7, 11) is 4.28. The number of benzene rings is 1. The number of nitrogens with two attached hydrogens (primary N) is 1. The van der Waals surface area contributed by atoms with Crippen LogP contribution in [0.25, 0.3) is 0 Å². The van der Waals surface area contributed by atoms with E-state index in [0.29, 0.717) is 11.3 Å². The molecule has 0 radical (unpaired) electrons. The minimum Gasteiger partial charge on any atom is -0.398 e. The number of hydrogen-bond donors (Lipinski definition) is 1. The van der Waals surface area contributed by atoms with Crippen LogP contribution in [-0.2, 0) is 0 Å². The van der Waals surface area contributed by atoms with E-state index in [2.05, 4.69) is 23.9 Å². The van der Waals surface area contributed by atoms with Gasteiger partial charge in [-0.3, -0.25) is 4.79 Å². The van der Waals surface area contributed by atoms with Gasteiger partial charge in [-0.25, -0.2) is 0 Å². The summed E-state index contributed by atoms with van der Waals surface area (Å²) in [6, 6.07) is 5.73. The van der Waals surface area contributed by atoms with Gasteiger partial charge in [0.1, 0.15) is 0 Å². The van der Waals surface area contributed by atoms with Gasteiger partial charge in [0.2, 0.25) is 0 Å². The molecule has 0 unspecified atom stereocenters. The first-order chi connectivity index (χ1) is 9.47. The van der Waals surface area contributed by atoms with Gasteiger partial charge in [0, 0.05) is 30.5 Å². The van der Waals surface area contributed by atoms with Gasteiger partial charge >= 0.3 is 0 Å². The van der Waals surface area contributed by atoms with E-state index in [4.69, 9.17) is 5.73 Å². The summed E-state index contributed by atoms with van der Waals surface area (Å²) in [6.45, 7) is 4.97. The number of likely N-dealkylation sites (tertiary alicyclic amines) is 1. The lowest BCUT2D eigenvalue weighted by atomic mass is 9.96. The molecule has 110 valence electrons. The molecule has 1 aromatic carbocycles. The molecule has 0 aromatic heterocycles. The zero-order valence-electron chi connectivity index (χ0n) is 12.7. The lowest BCUT2D eigenvalue weighted by Crippen LogP contribution is -2.35. The summed E-state index contributed by atoms with van der Waals surface area (Å²) in [5, 5.41) is 0. The van der Waals surface area contributed by atoms with Gasteiger partial charge in [0.05, 0.1) is 0 Å². The van der Waals surface area contributed by atoms with Crippen molar-refractivity contribution in [2.75, 3.05) is 44.4 Å². The third-order valence-corrected chi connectivity index (χ3v) is 4.23. The Labute approximate surface area is 121 Å². The maximum Gasteiger partial charge on any atom is 0.161 e. The van der Waals surface area contributed by atoms with E-state index in [1.807, 2.05) is 18.2 Å². The SMILES string of the molecule is CC(=O)c1ccc(N(C)CC2CCN(C)CC2)cc1N. The molecule has 2 N–H and O–H groups in total. The van der Waals surface area contributed by atoms with E-state index in [0.717, 1.165) is 18.2 Å². The molecule has 1 aromatic rings. The topological polar surface area (TPSA) is 49.6 Å². The number of nitrogen functional groups attached to an aromatic ring is 1. The first-order valence-corrected chi connectivity index (χ1v) is 7.27. The summed E-state index contributed by atoms with van der Waals surface area (Å²) < 4.78 is 0. The number of hydrogen-bond acceptors (Lipinski definition) is 4. The number of carbonyl (C=O) groups is 1. The molecule has 1 fully saturated rings. The van der Waals surface area contributed by atoms with Crippen molar-refractivity contribution in [3.8, 4) is 0 Å². The molecule has 4 nitrogen and oxygen atoms in total. The summed E-state index contributed by atoms with van der Waals surface area (Å²) in [4.78, 5) is 16.0. The van der Waals surface area contributed by atoms with Crippen LogP contribution >= 0.6 is 0 Å². The Morgan fingerprint density at radius 2 is 2.05 bits per heavy atom. The average Bonchev–Trinajstić information content (AvgIpc) is 2.40. The van der Waals surface area contributed by atoms with E-state index in [1.54, 1.807) is 6.92 Å². The zero-order chi connectivity index (χ0) is 14.7. The fourth-order valence-electron chi connectivity index (χ4n) is 2.85. The highest BCUT2D eigenvalue weighted by atomic mass is 16.1. The molecular formula is C16H25N3O. The van der Waals surface area contributed by atoms with Crippen molar-refractivity contribution >= 4 is 17.2 Å². The fraction of sp³-hybridized carbons (Fsp3) is 0.562. The van der Waals surface area contributed by atoms with Crippen LogP contribution in [0.15, 0.2) is 18.2 Å². The highest BCUT2D eigenvalue weighted by Gasteiger charge is 2.18. The number of anilines is 2. The lowest BCUT2D eigenvalue weighted by molar-refractivity contribution is 0.101. The molecule has 0 spiro atoms. The molecule has 4 heteroatoms. The summed E-state index contributed by atoms with van der Waals surface area (Å²) >= 11 is 0. The van der Waals surface area contributed by atoms with Crippen LogP contribution in [0.5, 0.6) is 0 Å². The maximum atomic E-state index is 11.4. The molecule has 0 bridgehead atoms. The predicted molar refractivity (Wildman–Crippen MR) is 84.3 cm³/mol. The van der Waals surface area contributed by atoms with Crippen LogP contribution in [0, 0.1) is 5.92 Å². The number of carbonyl (C=O) groups excluding carboxylic acids is 1.